The summed E-state index contributed by atoms with van der Waals surface area (Å²) >= 11 is 1.15. The van der Waals surface area contributed by atoms with Crippen LogP contribution in [0.5, 0.6) is 0 Å². The highest BCUT2D eigenvalue weighted by Gasteiger charge is 2.36. The Labute approximate surface area is 120 Å². The first kappa shape index (κ1) is 16.0. The van der Waals surface area contributed by atoms with E-state index in [1.54, 1.807) is 12.1 Å². The van der Waals surface area contributed by atoms with Gasteiger partial charge in [0, 0.05) is 11.0 Å². The molecule has 0 heterocycles. The second kappa shape index (κ2) is 5.91. The third-order valence-electron chi connectivity index (χ3n) is 3.37. The van der Waals surface area contributed by atoms with E-state index < -0.39 is 4.75 Å². The fraction of sp³-hybridized carbons (Fsp3) is 0.500. The number of Topliss-reactive ketones (excluding diaryl/α,β-unsaturated/α-hetero) is 1. The van der Waals surface area contributed by atoms with Crippen molar-refractivity contribution in [2.45, 2.75) is 45.8 Å². The molecule has 2 nitrogen and oxygen atoms in total. The van der Waals surface area contributed by atoms with Crippen LogP contribution in [0.1, 0.15) is 51.4 Å². The van der Waals surface area contributed by atoms with Gasteiger partial charge in [0.1, 0.15) is 0 Å². The number of hydrogen-bond donors (Lipinski definition) is 0. The molecule has 0 N–H and O–H groups in total. The molecule has 0 aromatic heterocycles. The summed E-state index contributed by atoms with van der Waals surface area (Å²) in [6.07, 6.45) is 0.772. The van der Waals surface area contributed by atoms with Crippen LogP contribution >= 0.6 is 11.8 Å². The molecule has 3 heteroatoms. The minimum Gasteiger partial charge on any atom is -0.293 e. The Hall–Kier alpha value is -1.09. The summed E-state index contributed by atoms with van der Waals surface area (Å²) in [5.74, 6) is -0.00152. The first-order valence-corrected chi connectivity index (χ1v) is 7.35. The molecule has 0 atom stereocenters. The van der Waals surface area contributed by atoms with E-state index in [4.69, 9.17) is 0 Å². The van der Waals surface area contributed by atoms with E-state index in [0.29, 0.717) is 5.56 Å². The van der Waals surface area contributed by atoms with E-state index >= 15 is 0 Å². The summed E-state index contributed by atoms with van der Waals surface area (Å²) in [5, 5.41) is 0.0734. The van der Waals surface area contributed by atoms with Crippen LogP contribution in [0.4, 0.5) is 0 Å². The molecule has 19 heavy (non-hydrogen) atoms. The van der Waals surface area contributed by atoms with Crippen LogP contribution in [0.2, 0.25) is 0 Å². The molecule has 104 valence electrons. The average Bonchev–Trinajstić information content (AvgIpc) is 2.38. The Morgan fingerprint density at radius 1 is 1.05 bits per heavy atom. The van der Waals surface area contributed by atoms with Gasteiger partial charge in [-0.05, 0) is 20.3 Å². The SMILES string of the molecule is CCC(C)(C)C(=O)SC(C)(C)C(=O)c1ccccc1. The smallest absolute Gasteiger partial charge is 0.195 e. The molecular weight excluding hydrogens is 256 g/mol. The van der Waals surface area contributed by atoms with E-state index in [-0.39, 0.29) is 16.3 Å². The lowest BCUT2D eigenvalue weighted by atomic mass is 9.92. The Kier molecular flexibility index (Phi) is 4.97. The van der Waals surface area contributed by atoms with Crippen molar-refractivity contribution in [1.82, 2.24) is 0 Å². The van der Waals surface area contributed by atoms with Crippen LogP contribution in [0, 0.1) is 5.41 Å². The number of thioether (sulfide) groups is 1. The van der Waals surface area contributed by atoms with Crippen molar-refractivity contribution in [2.75, 3.05) is 0 Å². The summed E-state index contributed by atoms with van der Waals surface area (Å²) in [7, 11) is 0. The van der Waals surface area contributed by atoms with Gasteiger partial charge < -0.3 is 0 Å². The minimum absolute atomic E-state index is 0.00152. The van der Waals surface area contributed by atoms with E-state index in [2.05, 4.69) is 0 Å². The highest BCUT2D eigenvalue weighted by Crippen LogP contribution is 2.36. The first-order valence-electron chi connectivity index (χ1n) is 6.54. The topological polar surface area (TPSA) is 34.1 Å². The molecule has 1 aromatic rings. The standard InChI is InChI=1S/C16H22O2S/c1-6-15(2,3)14(18)19-16(4,5)13(17)12-10-8-7-9-11-12/h7-11H,6H2,1-5H3. The van der Waals surface area contributed by atoms with Crippen molar-refractivity contribution in [3.8, 4) is 0 Å². The predicted octanol–water partition coefficient (Wildman–Crippen LogP) is 4.34. The fourth-order valence-corrected chi connectivity index (χ4v) is 2.59. The number of ketones is 1. The molecule has 0 saturated heterocycles. The molecule has 0 spiro atoms. The Bertz CT molecular complexity index is 461. The molecule has 0 aliphatic rings. The average molecular weight is 278 g/mol. The molecule has 0 unspecified atom stereocenters. The molecule has 0 bridgehead atoms. The molecule has 1 rings (SSSR count). The molecule has 0 fully saturated rings. The number of benzene rings is 1. The van der Waals surface area contributed by atoms with Crippen LogP contribution in [0.15, 0.2) is 30.3 Å². The summed E-state index contributed by atoms with van der Waals surface area (Å²) in [6, 6.07) is 9.14. The normalized spacial score (nSPS) is 12.3. The maximum Gasteiger partial charge on any atom is 0.195 e. The highest BCUT2D eigenvalue weighted by molar-refractivity contribution is 8.15. The lowest BCUT2D eigenvalue weighted by Gasteiger charge is -2.27. The Balaban J connectivity index is 2.88. The predicted molar refractivity (Wildman–Crippen MR) is 81.5 cm³/mol. The van der Waals surface area contributed by atoms with Crippen LogP contribution in [-0.2, 0) is 4.79 Å². The zero-order chi connectivity index (χ0) is 14.7. The molecule has 1 aromatic carbocycles. The molecule has 0 amide bonds. The third kappa shape index (κ3) is 3.93. The summed E-state index contributed by atoms with van der Waals surface area (Å²) in [5.41, 5.74) is 0.265. The van der Waals surface area contributed by atoms with Crippen LogP contribution in [0.3, 0.4) is 0 Å². The molecule has 0 radical (unpaired) electrons. The Morgan fingerprint density at radius 3 is 2.05 bits per heavy atom. The van der Waals surface area contributed by atoms with Crippen LogP contribution in [0.25, 0.3) is 0 Å². The van der Waals surface area contributed by atoms with E-state index in [0.717, 1.165) is 18.2 Å². The van der Waals surface area contributed by atoms with Crippen molar-refractivity contribution in [2.24, 2.45) is 5.41 Å². The molecule has 0 aliphatic heterocycles. The third-order valence-corrected chi connectivity index (χ3v) is 4.80. The maximum absolute atomic E-state index is 12.4. The lowest BCUT2D eigenvalue weighted by molar-refractivity contribution is -0.118. The molecular formula is C16H22O2S. The lowest BCUT2D eigenvalue weighted by Crippen LogP contribution is -2.33. The van der Waals surface area contributed by atoms with Gasteiger partial charge in [0.05, 0.1) is 4.75 Å². The van der Waals surface area contributed by atoms with E-state index in [1.807, 2.05) is 52.8 Å². The van der Waals surface area contributed by atoms with Gasteiger partial charge in [-0.3, -0.25) is 9.59 Å². The second-order valence-corrected chi connectivity index (χ2v) is 7.43. The summed E-state index contributed by atoms with van der Waals surface area (Å²) in [6.45, 7) is 9.47. The van der Waals surface area contributed by atoms with Gasteiger partial charge in [0.15, 0.2) is 10.9 Å². The number of hydrogen-bond acceptors (Lipinski definition) is 3. The number of rotatable bonds is 5. The van der Waals surface area contributed by atoms with E-state index in [1.165, 1.54) is 0 Å². The van der Waals surface area contributed by atoms with Gasteiger partial charge in [0.2, 0.25) is 0 Å². The largest absolute Gasteiger partial charge is 0.293 e. The van der Waals surface area contributed by atoms with Crippen molar-refractivity contribution in [1.29, 1.82) is 0 Å². The fourth-order valence-electron chi connectivity index (χ4n) is 1.50. The monoisotopic (exact) mass is 278 g/mol. The zero-order valence-electron chi connectivity index (χ0n) is 12.3. The maximum atomic E-state index is 12.4. The minimum atomic E-state index is -0.731. The van der Waals surface area contributed by atoms with Gasteiger partial charge in [-0.1, -0.05) is 62.9 Å². The van der Waals surface area contributed by atoms with Gasteiger partial charge in [0.25, 0.3) is 0 Å². The highest BCUT2D eigenvalue weighted by atomic mass is 32.2. The zero-order valence-corrected chi connectivity index (χ0v) is 13.1. The van der Waals surface area contributed by atoms with Crippen molar-refractivity contribution in [3.05, 3.63) is 35.9 Å². The van der Waals surface area contributed by atoms with Crippen molar-refractivity contribution in [3.63, 3.8) is 0 Å². The van der Waals surface area contributed by atoms with Crippen LogP contribution in [-0.4, -0.2) is 15.6 Å². The van der Waals surface area contributed by atoms with E-state index in [9.17, 15) is 9.59 Å². The summed E-state index contributed by atoms with van der Waals surface area (Å²) < 4.78 is -0.731. The van der Waals surface area contributed by atoms with Crippen LogP contribution < -0.4 is 0 Å². The van der Waals surface area contributed by atoms with Crippen molar-refractivity contribution < 1.29 is 9.59 Å². The summed E-state index contributed by atoms with van der Waals surface area (Å²) in [4.78, 5) is 24.7. The number of carbonyl (C=O) groups excluding carboxylic acids is 2. The second-order valence-electron chi connectivity index (χ2n) is 5.83. The molecule has 0 saturated carbocycles. The first-order chi connectivity index (χ1) is 8.70. The van der Waals surface area contributed by atoms with Crippen molar-refractivity contribution >= 4 is 22.7 Å². The van der Waals surface area contributed by atoms with Gasteiger partial charge in [-0.15, -0.1) is 0 Å². The van der Waals surface area contributed by atoms with Gasteiger partial charge in [-0.2, -0.15) is 0 Å². The quantitative estimate of drug-likeness (QED) is 0.751. The Morgan fingerprint density at radius 2 is 1.58 bits per heavy atom. The van der Waals surface area contributed by atoms with Gasteiger partial charge in [-0.25, -0.2) is 0 Å². The van der Waals surface area contributed by atoms with Gasteiger partial charge >= 0.3 is 0 Å². The molecule has 0 aliphatic carbocycles. The number of carbonyl (C=O) groups is 2.